The fraction of sp³-hybridized carbons (Fsp3) is 0.211. The van der Waals surface area contributed by atoms with E-state index in [0.717, 1.165) is 28.5 Å². The van der Waals surface area contributed by atoms with Crippen LogP contribution >= 0.6 is 0 Å². The molecule has 0 amide bonds. The molecule has 112 valence electrons. The Morgan fingerprint density at radius 1 is 0.955 bits per heavy atom. The highest BCUT2D eigenvalue weighted by atomic mass is 14.8. The van der Waals surface area contributed by atoms with Gasteiger partial charge in [-0.2, -0.15) is 0 Å². The smallest absolute Gasteiger partial charge is 0.124 e. The van der Waals surface area contributed by atoms with Crippen LogP contribution in [0.1, 0.15) is 23.6 Å². The number of aryl methyl sites for hydroxylation is 2. The lowest BCUT2D eigenvalue weighted by Gasteiger charge is -2.10. The molecule has 3 heteroatoms. The van der Waals surface area contributed by atoms with Gasteiger partial charge in [0, 0.05) is 11.9 Å². The highest BCUT2D eigenvalue weighted by Crippen LogP contribution is 2.27. The van der Waals surface area contributed by atoms with Crippen molar-refractivity contribution in [2.24, 2.45) is 5.73 Å². The van der Waals surface area contributed by atoms with Gasteiger partial charge in [0.25, 0.3) is 0 Å². The van der Waals surface area contributed by atoms with Crippen LogP contribution in [0.15, 0.2) is 42.5 Å². The van der Waals surface area contributed by atoms with Gasteiger partial charge in [-0.3, -0.25) is 0 Å². The van der Waals surface area contributed by atoms with Gasteiger partial charge in [0.05, 0.1) is 5.52 Å². The standard InChI is InChI=1S/C19H21N3/c1-3-13-4-5-14(9-16(13)11-20)15-6-7-17-12(2)8-19(21)22-18(17)10-15/h4-10H,3,11,20H2,1-2H3,(H2,21,22). The van der Waals surface area contributed by atoms with Gasteiger partial charge in [-0.15, -0.1) is 0 Å². The Labute approximate surface area is 131 Å². The van der Waals surface area contributed by atoms with E-state index in [1.807, 2.05) is 6.07 Å². The summed E-state index contributed by atoms with van der Waals surface area (Å²) in [6.07, 6.45) is 1.00. The molecule has 3 aromatic rings. The Morgan fingerprint density at radius 3 is 2.41 bits per heavy atom. The van der Waals surface area contributed by atoms with Gasteiger partial charge >= 0.3 is 0 Å². The summed E-state index contributed by atoms with van der Waals surface area (Å²) in [7, 11) is 0. The first-order valence-corrected chi connectivity index (χ1v) is 7.61. The maximum atomic E-state index is 5.87. The van der Waals surface area contributed by atoms with Gasteiger partial charge in [-0.25, -0.2) is 4.98 Å². The minimum absolute atomic E-state index is 0.561. The number of fused-ring (bicyclic) bond motifs is 1. The summed E-state index contributed by atoms with van der Waals surface area (Å²) in [5.41, 5.74) is 18.7. The number of anilines is 1. The minimum Gasteiger partial charge on any atom is -0.384 e. The van der Waals surface area contributed by atoms with Gasteiger partial charge in [-0.1, -0.05) is 31.2 Å². The van der Waals surface area contributed by atoms with E-state index in [0.29, 0.717) is 12.4 Å². The lowest BCUT2D eigenvalue weighted by Crippen LogP contribution is -2.01. The molecule has 0 saturated carbocycles. The van der Waals surface area contributed by atoms with Crippen LogP contribution in [-0.4, -0.2) is 4.98 Å². The van der Waals surface area contributed by atoms with Gasteiger partial charge in [0.2, 0.25) is 0 Å². The van der Waals surface area contributed by atoms with E-state index in [1.165, 1.54) is 16.7 Å². The molecule has 1 heterocycles. The van der Waals surface area contributed by atoms with Crippen LogP contribution in [0.25, 0.3) is 22.0 Å². The maximum absolute atomic E-state index is 5.87. The molecule has 0 atom stereocenters. The van der Waals surface area contributed by atoms with E-state index in [-0.39, 0.29) is 0 Å². The Morgan fingerprint density at radius 2 is 1.68 bits per heavy atom. The van der Waals surface area contributed by atoms with Crippen LogP contribution in [0.5, 0.6) is 0 Å². The predicted molar refractivity (Wildman–Crippen MR) is 93.6 cm³/mol. The maximum Gasteiger partial charge on any atom is 0.124 e. The third kappa shape index (κ3) is 2.55. The third-order valence-electron chi connectivity index (χ3n) is 4.18. The zero-order chi connectivity index (χ0) is 15.7. The number of benzene rings is 2. The van der Waals surface area contributed by atoms with Crippen molar-refractivity contribution in [2.45, 2.75) is 26.8 Å². The van der Waals surface area contributed by atoms with Gasteiger partial charge in [0.1, 0.15) is 5.82 Å². The van der Waals surface area contributed by atoms with Crippen molar-refractivity contribution in [1.29, 1.82) is 0 Å². The predicted octanol–water partition coefficient (Wildman–Crippen LogP) is 3.81. The zero-order valence-corrected chi connectivity index (χ0v) is 13.1. The van der Waals surface area contributed by atoms with Crippen molar-refractivity contribution in [2.75, 3.05) is 5.73 Å². The van der Waals surface area contributed by atoms with Crippen LogP contribution in [-0.2, 0) is 13.0 Å². The fourth-order valence-corrected chi connectivity index (χ4v) is 2.95. The SMILES string of the molecule is CCc1ccc(-c2ccc3c(C)cc(N)nc3c2)cc1CN. The highest BCUT2D eigenvalue weighted by molar-refractivity contribution is 5.88. The molecule has 0 unspecified atom stereocenters. The molecule has 1 aromatic heterocycles. The third-order valence-corrected chi connectivity index (χ3v) is 4.18. The average Bonchev–Trinajstić information content (AvgIpc) is 2.53. The number of nitrogens with two attached hydrogens (primary N) is 2. The van der Waals surface area contributed by atoms with E-state index in [2.05, 4.69) is 55.2 Å². The van der Waals surface area contributed by atoms with Crippen molar-refractivity contribution in [3.05, 3.63) is 59.2 Å². The lowest BCUT2D eigenvalue weighted by molar-refractivity contribution is 1.00. The topological polar surface area (TPSA) is 64.9 Å². The lowest BCUT2D eigenvalue weighted by atomic mass is 9.96. The molecule has 0 radical (unpaired) electrons. The van der Waals surface area contributed by atoms with E-state index in [1.54, 1.807) is 0 Å². The summed E-state index contributed by atoms with van der Waals surface area (Å²) in [6.45, 7) is 4.77. The fourth-order valence-electron chi connectivity index (χ4n) is 2.95. The van der Waals surface area contributed by atoms with Crippen molar-refractivity contribution in [3.8, 4) is 11.1 Å². The monoisotopic (exact) mass is 291 g/mol. The van der Waals surface area contributed by atoms with Crippen molar-refractivity contribution in [1.82, 2.24) is 4.98 Å². The molecular formula is C19H21N3. The number of hydrogen-bond donors (Lipinski definition) is 2. The van der Waals surface area contributed by atoms with Crippen LogP contribution in [0.3, 0.4) is 0 Å². The minimum atomic E-state index is 0.561. The van der Waals surface area contributed by atoms with Crippen LogP contribution in [0, 0.1) is 6.92 Å². The summed E-state index contributed by atoms with van der Waals surface area (Å²) >= 11 is 0. The molecular weight excluding hydrogens is 270 g/mol. The molecule has 4 N–H and O–H groups in total. The summed E-state index contributed by atoms with van der Waals surface area (Å²) in [5, 5.41) is 1.14. The first-order valence-electron chi connectivity index (χ1n) is 7.61. The molecule has 3 nitrogen and oxygen atoms in total. The number of nitrogen functional groups attached to an aromatic ring is 1. The molecule has 0 fully saturated rings. The van der Waals surface area contributed by atoms with E-state index in [9.17, 15) is 0 Å². The molecule has 0 aliphatic carbocycles. The number of hydrogen-bond acceptors (Lipinski definition) is 3. The Kier molecular flexibility index (Phi) is 3.82. The molecule has 0 aliphatic rings. The zero-order valence-electron chi connectivity index (χ0n) is 13.1. The highest BCUT2D eigenvalue weighted by Gasteiger charge is 2.06. The quantitative estimate of drug-likeness (QED) is 0.771. The molecule has 0 aliphatic heterocycles. The van der Waals surface area contributed by atoms with E-state index < -0.39 is 0 Å². The summed E-state index contributed by atoms with van der Waals surface area (Å²) < 4.78 is 0. The van der Waals surface area contributed by atoms with Crippen LogP contribution < -0.4 is 11.5 Å². The number of aromatic nitrogens is 1. The molecule has 0 spiro atoms. The van der Waals surface area contributed by atoms with Gasteiger partial charge in [-0.05, 0) is 59.4 Å². The second-order valence-electron chi connectivity index (χ2n) is 5.64. The average molecular weight is 291 g/mol. The summed E-state index contributed by atoms with van der Waals surface area (Å²) in [6, 6.07) is 14.7. The Bertz CT molecular complexity index is 837. The van der Waals surface area contributed by atoms with Crippen molar-refractivity contribution >= 4 is 16.7 Å². The number of rotatable bonds is 3. The summed E-state index contributed by atoms with van der Waals surface area (Å²) in [4.78, 5) is 4.45. The van der Waals surface area contributed by atoms with E-state index in [4.69, 9.17) is 11.5 Å². The number of pyridine rings is 1. The van der Waals surface area contributed by atoms with E-state index >= 15 is 0 Å². The molecule has 3 rings (SSSR count). The molecule has 2 aromatic carbocycles. The van der Waals surface area contributed by atoms with Crippen molar-refractivity contribution in [3.63, 3.8) is 0 Å². The second kappa shape index (κ2) is 5.78. The molecule has 22 heavy (non-hydrogen) atoms. The van der Waals surface area contributed by atoms with Gasteiger partial charge in [0.15, 0.2) is 0 Å². The Balaban J connectivity index is 2.14. The van der Waals surface area contributed by atoms with Crippen LogP contribution in [0.4, 0.5) is 5.82 Å². The molecule has 0 saturated heterocycles. The second-order valence-corrected chi connectivity index (χ2v) is 5.64. The molecule has 0 bridgehead atoms. The Hall–Kier alpha value is -2.39. The van der Waals surface area contributed by atoms with Gasteiger partial charge < -0.3 is 11.5 Å². The van der Waals surface area contributed by atoms with Crippen LogP contribution in [0.2, 0.25) is 0 Å². The first-order chi connectivity index (χ1) is 10.6. The number of nitrogens with zero attached hydrogens (tertiary/aromatic N) is 1. The van der Waals surface area contributed by atoms with Crippen molar-refractivity contribution < 1.29 is 0 Å². The summed E-state index contributed by atoms with van der Waals surface area (Å²) in [5.74, 6) is 0.561. The first kappa shape index (κ1) is 14.5. The normalized spacial score (nSPS) is 11.0. The largest absolute Gasteiger partial charge is 0.384 e.